The van der Waals surface area contributed by atoms with Gasteiger partial charge in [0.25, 0.3) is 0 Å². The van der Waals surface area contributed by atoms with E-state index in [4.69, 9.17) is 12.2 Å². The molecule has 0 aromatic heterocycles. The van der Waals surface area contributed by atoms with Crippen LogP contribution in [0, 0.1) is 12.3 Å². The Morgan fingerprint density at radius 2 is 2.20 bits per heavy atom. The molecule has 0 aliphatic carbocycles. The molecule has 0 fully saturated rings. The van der Waals surface area contributed by atoms with Gasteiger partial charge in [-0.05, 0) is 25.8 Å². The van der Waals surface area contributed by atoms with E-state index in [1.807, 2.05) is 0 Å². The third-order valence-corrected chi connectivity index (χ3v) is 1.32. The summed E-state index contributed by atoms with van der Waals surface area (Å²) >= 11 is 0. The SMILES string of the molecule is C#CCCCC(F)CCN. The van der Waals surface area contributed by atoms with Crippen LogP contribution in [0.1, 0.15) is 25.7 Å². The third-order valence-electron chi connectivity index (χ3n) is 1.32. The number of unbranched alkanes of at least 4 members (excludes halogenated alkanes) is 1. The number of terminal acetylenes is 1. The Morgan fingerprint density at radius 3 is 2.70 bits per heavy atom. The summed E-state index contributed by atoms with van der Waals surface area (Å²) in [6.07, 6.45) is 6.71. The molecule has 0 saturated heterocycles. The lowest BCUT2D eigenvalue weighted by atomic mass is 10.1. The van der Waals surface area contributed by atoms with Gasteiger partial charge in [0, 0.05) is 6.42 Å². The molecule has 0 aliphatic rings. The molecule has 0 aliphatic heterocycles. The van der Waals surface area contributed by atoms with E-state index >= 15 is 0 Å². The highest BCUT2D eigenvalue weighted by atomic mass is 19.1. The smallest absolute Gasteiger partial charge is 0.101 e. The molecule has 0 aromatic rings. The normalized spacial score (nSPS) is 12.5. The molecule has 1 nitrogen and oxygen atoms in total. The van der Waals surface area contributed by atoms with Crippen LogP contribution in [0.15, 0.2) is 0 Å². The van der Waals surface area contributed by atoms with Crippen LogP contribution in [-0.2, 0) is 0 Å². The summed E-state index contributed by atoms with van der Waals surface area (Å²) in [4.78, 5) is 0. The van der Waals surface area contributed by atoms with Gasteiger partial charge in [0.15, 0.2) is 0 Å². The largest absolute Gasteiger partial charge is 0.330 e. The van der Waals surface area contributed by atoms with Crippen LogP contribution >= 0.6 is 0 Å². The van der Waals surface area contributed by atoms with Crippen LogP contribution in [-0.4, -0.2) is 12.7 Å². The van der Waals surface area contributed by atoms with Crippen molar-refractivity contribution in [3.8, 4) is 12.3 Å². The Labute approximate surface area is 61.8 Å². The molecule has 0 saturated carbocycles. The average molecular weight is 143 g/mol. The monoisotopic (exact) mass is 143 g/mol. The minimum absolute atomic E-state index is 0.428. The fourth-order valence-electron chi connectivity index (χ4n) is 0.751. The predicted molar refractivity (Wildman–Crippen MR) is 41.3 cm³/mol. The van der Waals surface area contributed by atoms with Crippen molar-refractivity contribution in [1.29, 1.82) is 0 Å². The quantitative estimate of drug-likeness (QED) is 0.458. The zero-order valence-electron chi connectivity index (χ0n) is 6.15. The van der Waals surface area contributed by atoms with Crippen molar-refractivity contribution in [2.24, 2.45) is 5.73 Å². The molecule has 2 N–H and O–H groups in total. The van der Waals surface area contributed by atoms with E-state index in [1.54, 1.807) is 0 Å². The maximum atomic E-state index is 12.6. The molecule has 0 radical (unpaired) electrons. The molecule has 58 valence electrons. The van der Waals surface area contributed by atoms with E-state index in [0.717, 1.165) is 6.42 Å². The standard InChI is InChI=1S/C8H14FN/c1-2-3-4-5-8(9)6-7-10/h1,8H,3-7,10H2. The highest BCUT2D eigenvalue weighted by Gasteiger charge is 2.02. The molecule has 0 rings (SSSR count). The molecule has 10 heavy (non-hydrogen) atoms. The number of halogens is 1. The zero-order chi connectivity index (χ0) is 7.82. The van der Waals surface area contributed by atoms with E-state index < -0.39 is 6.17 Å². The first kappa shape index (κ1) is 9.45. The minimum Gasteiger partial charge on any atom is -0.330 e. The number of rotatable bonds is 5. The van der Waals surface area contributed by atoms with Gasteiger partial charge in [-0.15, -0.1) is 12.3 Å². The maximum Gasteiger partial charge on any atom is 0.101 e. The van der Waals surface area contributed by atoms with Crippen molar-refractivity contribution in [3.63, 3.8) is 0 Å². The highest BCUT2D eigenvalue weighted by Crippen LogP contribution is 2.06. The van der Waals surface area contributed by atoms with Crippen molar-refractivity contribution >= 4 is 0 Å². The van der Waals surface area contributed by atoms with Crippen molar-refractivity contribution in [3.05, 3.63) is 0 Å². The van der Waals surface area contributed by atoms with Gasteiger partial charge in [-0.1, -0.05) is 0 Å². The van der Waals surface area contributed by atoms with Crippen LogP contribution in [0.2, 0.25) is 0 Å². The molecule has 0 bridgehead atoms. The fraction of sp³-hybridized carbons (Fsp3) is 0.750. The van der Waals surface area contributed by atoms with Gasteiger partial charge in [-0.25, -0.2) is 4.39 Å². The molecular weight excluding hydrogens is 129 g/mol. The van der Waals surface area contributed by atoms with Gasteiger partial charge in [0.05, 0.1) is 0 Å². The van der Waals surface area contributed by atoms with Gasteiger partial charge >= 0.3 is 0 Å². The van der Waals surface area contributed by atoms with Crippen LogP contribution in [0.5, 0.6) is 0 Å². The van der Waals surface area contributed by atoms with Crippen molar-refractivity contribution in [2.75, 3.05) is 6.54 Å². The Morgan fingerprint density at radius 1 is 1.50 bits per heavy atom. The van der Waals surface area contributed by atoms with Crippen LogP contribution in [0.3, 0.4) is 0 Å². The first-order valence-electron chi connectivity index (χ1n) is 3.59. The first-order valence-corrected chi connectivity index (χ1v) is 3.59. The maximum absolute atomic E-state index is 12.6. The van der Waals surface area contributed by atoms with E-state index in [2.05, 4.69) is 5.92 Å². The number of hydrogen-bond donors (Lipinski definition) is 1. The summed E-state index contributed by atoms with van der Waals surface area (Å²) in [7, 11) is 0. The molecule has 1 unspecified atom stereocenters. The molecule has 0 heterocycles. The second-order valence-corrected chi connectivity index (χ2v) is 2.27. The van der Waals surface area contributed by atoms with E-state index in [1.165, 1.54) is 0 Å². The van der Waals surface area contributed by atoms with Gasteiger partial charge in [-0.2, -0.15) is 0 Å². The van der Waals surface area contributed by atoms with Gasteiger partial charge in [-0.3, -0.25) is 0 Å². The van der Waals surface area contributed by atoms with Crippen LogP contribution in [0.4, 0.5) is 4.39 Å². The van der Waals surface area contributed by atoms with E-state index in [9.17, 15) is 4.39 Å². The van der Waals surface area contributed by atoms with Crippen LogP contribution < -0.4 is 5.73 Å². The summed E-state index contributed by atoms with van der Waals surface area (Å²) in [5.74, 6) is 2.47. The summed E-state index contributed by atoms with van der Waals surface area (Å²) in [6, 6.07) is 0. The Kier molecular flexibility index (Phi) is 6.21. The van der Waals surface area contributed by atoms with E-state index in [-0.39, 0.29) is 0 Å². The molecule has 0 spiro atoms. The summed E-state index contributed by atoms with van der Waals surface area (Å²) in [5, 5.41) is 0. The lowest BCUT2D eigenvalue weighted by Crippen LogP contribution is -2.08. The number of nitrogens with two attached hydrogens (primary N) is 1. The highest BCUT2D eigenvalue weighted by molar-refractivity contribution is 4.83. The summed E-state index contributed by atoms with van der Waals surface area (Å²) < 4.78 is 12.6. The lowest BCUT2D eigenvalue weighted by molar-refractivity contribution is 0.295. The second-order valence-electron chi connectivity index (χ2n) is 2.27. The molecule has 0 aromatic carbocycles. The van der Waals surface area contributed by atoms with Crippen molar-refractivity contribution in [1.82, 2.24) is 0 Å². The van der Waals surface area contributed by atoms with Crippen molar-refractivity contribution in [2.45, 2.75) is 31.9 Å². The van der Waals surface area contributed by atoms with Gasteiger partial charge < -0.3 is 5.73 Å². The Hall–Kier alpha value is -0.550. The fourth-order valence-corrected chi connectivity index (χ4v) is 0.751. The Balaban J connectivity index is 3.06. The summed E-state index contributed by atoms with van der Waals surface area (Å²) in [5.41, 5.74) is 5.15. The van der Waals surface area contributed by atoms with Gasteiger partial charge in [0.1, 0.15) is 6.17 Å². The average Bonchev–Trinajstić information content (AvgIpc) is 1.89. The molecular formula is C8H14FN. The topological polar surface area (TPSA) is 26.0 Å². The summed E-state index contributed by atoms with van der Waals surface area (Å²) in [6.45, 7) is 0.428. The molecule has 2 heteroatoms. The predicted octanol–water partition coefficient (Wildman–Crippen LogP) is 1.48. The minimum atomic E-state index is -0.752. The Bertz CT molecular complexity index is 106. The molecule has 0 amide bonds. The van der Waals surface area contributed by atoms with Crippen LogP contribution in [0.25, 0.3) is 0 Å². The van der Waals surface area contributed by atoms with E-state index in [0.29, 0.717) is 25.8 Å². The number of alkyl halides is 1. The van der Waals surface area contributed by atoms with Crippen molar-refractivity contribution < 1.29 is 4.39 Å². The number of hydrogen-bond acceptors (Lipinski definition) is 1. The first-order chi connectivity index (χ1) is 4.81. The second kappa shape index (κ2) is 6.57. The third kappa shape index (κ3) is 5.58. The zero-order valence-corrected chi connectivity index (χ0v) is 6.15. The molecule has 1 atom stereocenters. The van der Waals surface area contributed by atoms with Gasteiger partial charge in [0.2, 0.25) is 0 Å². The lowest BCUT2D eigenvalue weighted by Gasteiger charge is -2.03.